The highest BCUT2D eigenvalue weighted by atomic mass is 32.1. The molecule has 2 atom stereocenters. The molecule has 0 aromatic rings. The van der Waals surface area contributed by atoms with Gasteiger partial charge in [0.1, 0.15) is 0 Å². The number of nitrogens with one attached hydrogen (secondary N) is 2. The Morgan fingerprint density at radius 1 is 1.27 bits per heavy atom. The average Bonchev–Trinajstić information content (AvgIpc) is 2.04. The largest absolute Gasteiger partial charge is 0.362 e. The molecule has 2 aliphatic rings. The minimum Gasteiger partial charge on any atom is -0.362 e. The van der Waals surface area contributed by atoms with Crippen LogP contribution in [0.4, 0.5) is 0 Å². The van der Waals surface area contributed by atoms with E-state index < -0.39 is 0 Å². The van der Waals surface area contributed by atoms with Crippen molar-refractivity contribution in [2.45, 2.75) is 31.7 Å². The van der Waals surface area contributed by atoms with E-state index in [9.17, 15) is 0 Å². The van der Waals surface area contributed by atoms with Crippen molar-refractivity contribution in [3.63, 3.8) is 0 Å². The van der Waals surface area contributed by atoms with Gasteiger partial charge in [-0.3, -0.25) is 0 Å². The van der Waals surface area contributed by atoms with E-state index in [0.29, 0.717) is 6.04 Å². The van der Waals surface area contributed by atoms with Crippen molar-refractivity contribution in [2.75, 3.05) is 6.54 Å². The van der Waals surface area contributed by atoms with Crippen LogP contribution in [0.25, 0.3) is 0 Å². The standard InChI is InChI=1S/C8H14N2S/c11-8-9-5-6-3-1-2-4-7(6)10-8/h6-7H,1-5H2,(H2,9,10,11)/t6-,7+/m1/s1. The average molecular weight is 170 g/mol. The second kappa shape index (κ2) is 2.97. The van der Waals surface area contributed by atoms with Crippen LogP contribution in [-0.4, -0.2) is 17.7 Å². The number of hydrogen-bond acceptors (Lipinski definition) is 1. The molecule has 62 valence electrons. The number of fused-ring (bicyclic) bond motifs is 1. The topological polar surface area (TPSA) is 24.1 Å². The van der Waals surface area contributed by atoms with Crippen LogP contribution in [0.1, 0.15) is 25.7 Å². The van der Waals surface area contributed by atoms with E-state index in [1.807, 2.05) is 0 Å². The van der Waals surface area contributed by atoms with E-state index in [1.54, 1.807) is 0 Å². The Hall–Kier alpha value is -0.310. The predicted octanol–water partition coefficient (Wildman–Crippen LogP) is 1.02. The van der Waals surface area contributed by atoms with Gasteiger partial charge in [0.2, 0.25) is 0 Å². The van der Waals surface area contributed by atoms with Gasteiger partial charge < -0.3 is 10.6 Å². The molecule has 0 unspecified atom stereocenters. The zero-order chi connectivity index (χ0) is 7.68. The summed E-state index contributed by atoms with van der Waals surface area (Å²) in [5, 5.41) is 7.39. The molecule has 1 aliphatic carbocycles. The Balaban J connectivity index is 1.98. The summed E-state index contributed by atoms with van der Waals surface area (Å²) in [6.45, 7) is 1.09. The molecule has 1 aliphatic heterocycles. The fourth-order valence-corrected chi connectivity index (χ4v) is 2.32. The summed E-state index contributed by atoms with van der Waals surface area (Å²) in [6, 6.07) is 0.678. The molecule has 2 fully saturated rings. The van der Waals surface area contributed by atoms with Crippen LogP contribution in [0.3, 0.4) is 0 Å². The van der Waals surface area contributed by atoms with E-state index in [0.717, 1.165) is 17.6 Å². The SMILES string of the molecule is S=C1NC[C@H]2CCCC[C@@H]2N1. The van der Waals surface area contributed by atoms with Gasteiger partial charge in [0, 0.05) is 12.6 Å². The Morgan fingerprint density at radius 3 is 3.00 bits per heavy atom. The Morgan fingerprint density at radius 2 is 2.09 bits per heavy atom. The lowest BCUT2D eigenvalue weighted by Crippen LogP contribution is -2.55. The zero-order valence-corrected chi connectivity index (χ0v) is 7.41. The quantitative estimate of drug-likeness (QED) is 0.531. The van der Waals surface area contributed by atoms with Gasteiger partial charge in [0.25, 0.3) is 0 Å². The van der Waals surface area contributed by atoms with Gasteiger partial charge in [-0.1, -0.05) is 12.8 Å². The molecule has 0 bridgehead atoms. The summed E-state index contributed by atoms with van der Waals surface area (Å²) < 4.78 is 0. The van der Waals surface area contributed by atoms with E-state index in [4.69, 9.17) is 12.2 Å². The summed E-state index contributed by atoms with van der Waals surface area (Å²) in [4.78, 5) is 0. The summed E-state index contributed by atoms with van der Waals surface area (Å²) in [6.07, 6.45) is 5.45. The van der Waals surface area contributed by atoms with Crippen LogP contribution in [0.15, 0.2) is 0 Å². The minimum atomic E-state index is 0.678. The molecule has 0 amide bonds. The second-order valence-corrected chi connectivity index (χ2v) is 3.91. The summed E-state index contributed by atoms with van der Waals surface area (Å²) in [7, 11) is 0. The van der Waals surface area contributed by atoms with Gasteiger partial charge in [0.15, 0.2) is 5.11 Å². The molecule has 1 saturated heterocycles. The maximum absolute atomic E-state index is 5.05. The first-order valence-corrected chi connectivity index (χ1v) is 4.81. The zero-order valence-electron chi connectivity index (χ0n) is 6.60. The first-order chi connectivity index (χ1) is 5.36. The fraction of sp³-hybridized carbons (Fsp3) is 0.875. The molecule has 2 rings (SSSR count). The molecule has 2 nitrogen and oxygen atoms in total. The Bertz CT molecular complexity index is 169. The van der Waals surface area contributed by atoms with Crippen LogP contribution < -0.4 is 10.6 Å². The molecule has 0 aromatic heterocycles. The normalized spacial score (nSPS) is 36.9. The third-order valence-corrected chi connectivity index (χ3v) is 3.01. The maximum Gasteiger partial charge on any atom is 0.166 e. The Labute approximate surface area is 72.7 Å². The molecule has 0 spiro atoms. The number of thiocarbonyl (C=S) groups is 1. The molecule has 0 radical (unpaired) electrons. The molecular formula is C8H14N2S. The maximum atomic E-state index is 5.05. The molecule has 3 heteroatoms. The van der Waals surface area contributed by atoms with Crippen LogP contribution in [-0.2, 0) is 0 Å². The predicted molar refractivity (Wildman–Crippen MR) is 49.5 cm³/mol. The lowest BCUT2D eigenvalue weighted by molar-refractivity contribution is 0.269. The van der Waals surface area contributed by atoms with Crippen molar-refractivity contribution in [1.82, 2.24) is 10.6 Å². The van der Waals surface area contributed by atoms with Crippen LogP contribution in [0.5, 0.6) is 0 Å². The van der Waals surface area contributed by atoms with Gasteiger partial charge in [-0.15, -0.1) is 0 Å². The number of rotatable bonds is 0. The first kappa shape index (κ1) is 7.35. The first-order valence-electron chi connectivity index (χ1n) is 4.40. The van der Waals surface area contributed by atoms with Crippen LogP contribution >= 0.6 is 12.2 Å². The molecule has 2 N–H and O–H groups in total. The van der Waals surface area contributed by atoms with Gasteiger partial charge in [-0.2, -0.15) is 0 Å². The van der Waals surface area contributed by atoms with Crippen molar-refractivity contribution < 1.29 is 0 Å². The molecule has 1 heterocycles. The summed E-state index contributed by atoms with van der Waals surface area (Å²) in [5.74, 6) is 0.829. The van der Waals surface area contributed by atoms with E-state index in [2.05, 4.69) is 10.6 Å². The van der Waals surface area contributed by atoms with Crippen molar-refractivity contribution in [3.8, 4) is 0 Å². The van der Waals surface area contributed by atoms with Gasteiger partial charge in [0.05, 0.1) is 0 Å². The van der Waals surface area contributed by atoms with Crippen molar-refractivity contribution >= 4 is 17.3 Å². The van der Waals surface area contributed by atoms with Gasteiger partial charge >= 0.3 is 0 Å². The summed E-state index contributed by atoms with van der Waals surface area (Å²) in [5.41, 5.74) is 0. The lowest BCUT2D eigenvalue weighted by Gasteiger charge is -2.37. The highest BCUT2D eigenvalue weighted by molar-refractivity contribution is 7.80. The second-order valence-electron chi connectivity index (χ2n) is 3.51. The summed E-state index contributed by atoms with van der Waals surface area (Å²) >= 11 is 5.05. The van der Waals surface area contributed by atoms with Gasteiger partial charge in [-0.05, 0) is 31.0 Å². The lowest BCUT2D eigenvalue weighted by atomic mass is 9.83. The third kappa shape index (κ3) is 1.48. The molecule has 0 aromatic carbocycles. The highest BCUT2D eigenvalue weighted by Gasteiger charge is 2.28. The third-order valence-electron chi connectivity index (χ3n) is 2.75. The van der Waals surface area contributed by atoms with Crippen molar-refractivity contribution in [2.24, 2.45) is 5.92 Å². The van der Waals surface area contributed by atoms with Crippen LogP contribution in [0, 0.1) is 5.92 Å². The monoisotopic (exact) mass is 170 g/mol. The molecular weight excluding hydrogens is 156 g/mol. The minimum absolute atomic E-state index is 0.678. The van der Waals surface area contributed by atoms with E-state index >= 15 is 0 Å². The van der Waals surface area contributed by atoms with E-state index in [1.165, 1.54) is 25.7 Å². The number of hydrogen-bond donors (Lipinski definition) is 2. The molecule has 1 saturated carbocycles. The Kier molecular flexibility index (Phi) is 1.98. The smallest absolute Gasteiger partial charge is 0.166 e. The van der Waals surface area contributed by atoms with Crippen molar-refractivity contribution in [1.29, 1.82) is 0 Å². The van der Waals surface area contributed by atoms with Crippen molar-refractivity contribution in [3.05, 3.63) is 0 Å². The van der Waals surface area contributed by atoms with E-state index in [-0.39, 0.29) is 0 Å². The molecule has 11 heavy (non-hydrogen) atoms. The van der Waals surface area contributed by atoms with Crippen LogP contribution in [0.2, 0.25) is 0 Å². The van der Waals surface area contributed by atoms with Gasteiger partial charge in [-0.25, -0.2) is 0 Å². The fourth-order valence-electron chi connectivity index (χ4n) is 2.09. The highest BCUT2D eigenvalue weighted by Crippen LogP contribution is 2.25.